The first-order valence-corrected chi connectivity index (χ1v) is 15.0. The second-order valence-electron chi connectivity index (χ2n) is 10.6. The molecule has 0 saturated heterocycles. The van der Waals surface area contributed by atoms with Crippen molar-refractivity contribution in [2.24, 2.45) is 0 Å². The Hall–Kier alpha value is -5.88. The molecule has 0 fully saturated rings. The van der Waals surface area contributed by atoms with Crippen LogP contribution in [-0.4, -0.2) is 28.4 Å². The molecule has 0 unspecified atom stereocenters. The zero-order valence-corrected chi connectivity index (χ0v) is 26.4. The third-order valence-electron chi connectivity index (χ3n) is 7.77. The maximum Gasteiger partial charge on any atom is 0.120 e. The lowest BCUT2D eigenvalue weighted by atomic mass is 10.0. The van der Waals surface area contributed by atoms with Crippen LogP contribution in [0.4, 0.5) is 34.1 Å². The summed E-state index contributed by atoms with van der Waals surface area (Å²) >= 11 is 0. The number of nitrogens with zero attached hydrogens (tertiary/aromatic N) is 2. The Morgan fingerprint density at radius 2 is 0.652 bits per heavy atom. The average Bonchev–Trinajstić information content (AvgIpc) is 3.12. The van der Waals surface area contributed by atoms with Gasteiger partial charge in [-0.3, -0.25) is 0 Å². The number of methoxy groups -OCH3 is 4. The largest absolute Gasteiger partial charge is 0.497 e. The van der Waals surface area contributed by atoms with Gasteiger partial charge in [-0.1, -0.05) is 54.6 Å². The lowest BCUT2D eigenvalue weighted by Crippen LogP contribution is -2.14. The summed E-state index contributed by atoms with van der Waals surface area (Å²) in [5, 5.41) is 0. The van der Waals surface area contributed by atoms with Gasteiger partial charge in [-0.2, -0.15) is 0 Å². The first-order chi connectivity index (χ1) is 22.6. The van der Waals surface area contributed by atoms with Crippen molar-refractivity contribution < 1.29 is 18.9 Å². The molecule has 0 radical (unpaired) electrons. The van der Waals surface area contributed by atoms with Gasteiger partial charge < -0.3 is 28.7 Å². The van der Waals surface area contributed by atoms with Gasteiger partial charge in [0.25, 0.3) is 0 Å². The number of anilines is 6. The number of benzene rings is 6. The highest BCUT2D eigenvalue weighted by Crippen LogP contribution is 2.44. The van der Waals surface area contributed by atoms with Crippen LogP contribution in [0.15, 0.2) is 146 Å². The summed E-state index contributed by atoms with van der Waals surface area (Å²) in [5.41, 5.74) is 7.83. The molecule has 0 bridgehead atoms. The van der Waals surface area contributed by atoms with E-state index in [0.29, 0.717) is 0 Å². The summed E-state index contributed by atoms with van der Waals surface area (Å²) in [6.45, 7) is 0. The van der Waals surface area contributed by atoms with Gasteiger partial charge in [0.05, 0.1) is 28.4 Å². The maximum absolute atomic E-state index is 5.65. The molecule has 230 valence electrons. The van der Waals surface area contributed by atoms with Crippen LogP contribution in [0.1, 0.15) is 0 Å². The van der Waals surface area contributed by atoms with Gasteiger partial charge in [-0.15, -0.1) is 0 Å². The van der Waals surface area contributed by atoms with Crippen molar-refractivity contribution in [3.05, 3.63) is 146 Å². The van der Waals surface area contributed by atoms with E-state index in [4.69, 9.17) is 18.9 Å². The highest BCUT2D eigenvalue weighted by Gasteiger charge is 2.21. The van der Waals surface area contributed by atoms with E-state index < -0.39 is 0 Å². The van der Waals surface area contributed by atoms with E-state index in [1.54, 1.807) is 28.4 Å². The molecule has 0 aromatic heterocycles. The van der Waals surface area contributed by atoms with Crippen molar-refractivity contribution in [1.29, 1.82) is 0 Å². The van der Waals surface area contributed by atoms with Crippen LogP contribution < -0.4 is 28.7 Å². The predicted molar refractivity (Wildman–Crippen MR) is 187 cm³/mol. The molecular weight excluding hydrogens is 572 g/mol. The number of rotatable bonds is 11. The normalized spacial score (nSPS) is 10.6. The van der Waals surface area contributed by atoms with Crippen molar-refractivity contribution in [1.82, 2.24) is 0 Å². The molecule has 46 heavy (non-hydrogen) atoms. The molecule has 6 aromatic carbocycles. The van der Waals surface area contributed by atoms with E-state index in [0.717, 1.165) is 68.2 Å². The van der Waals surface area contributed by atoms with Crippen molar-refractivity contribution in [2.75, 3.05) is 38.2 Å². The van der Waals surface area contributed by atoms with Crippen molar-refractivity contribution in [3.8, 4) is 34.1 Å². The van der Waals surface area contributed by atoms with Crippen molar-refractivity contribution >= 4 is 34.1 Å². The van der Waals surface area contributed by atoms with E-state index in [-0.39, 0.29) is 0 Å². The zero-order valence-electron chi connectivity index (χ0n) is 26.4. The molecule has 0 N–H and O–H groups in total. The summed E-state index contributed by atoms with van der Waals surface area (Å²) < 4.78 is 22.6. The summed E-state index contributed by atoms with van der Waals surface area (Å²) in [6, 6.07) is 49.3. The van der Waals surface area contributed by atoms with Crippen LogP contribution in [0, 0.1) is 0 Å². The molecule has 6 nitrogen and oxygen atoms in total. The predicted octanol–water partition coefficient (Wildman–Crippen LogP) is 10.3. The maximum atomic E-state index is 5.65. The van der Waals surface area contributed by atoms with Crippen LogP contribution in [-0.2, 0) is 0 Å². The van der Waals surface area contributed by atoms with E-state index in [2.05, 4.69) is 76.5 Å². The molecule has 0 aliphatic rings. The van der Waals surface area contributed by atoms with E-state index in [9.17, 15) is 0 Å². The number of hydrogen-bond acceptors (Lipinski definition) is 6. The fourth-order valence-corrected chi connectivity index (χ4v) is 5.54. The standard InChI is InChI=1S/C40H36N2O4/c1-43-37-18-8-14-31(25-37)41(32-15-9-19-38(26-32)44-2)35-22-30(29-12-6-5-7-13-29)23-36(24-35)42(33-16-10-20-39(27-33)45-3)34-17-11-21-40(28-34)46-4/h5-28H,1-4H3. The summed E-state index contributed by atoms with van der Waals surface area (Å²) in [7, 11) is 6.74. The molecule has 0 heterocycles. The Morgan fingerprint density at radius 1 is 0.304 bits per heavy atom. The average molecular weight is 609 g/mol. The smallest absolute Gasteiger partial charge is 0.120 e. The van der Waals surface area contributed by atoms with Gasteiger partial charge in [0.1, 0.15) is 23.0 Å². The van der Waals surface area contributed by atoms with Crippen LogP contribution in [0.2, 0.25) is 0 Å². The third-order valence-corrected chi connectivity index (χ3v) is 7.77. The minimum absolute atomic E-state index is 0.763. The molecule has 6 heteroatoms. The first kappa shape index (κ1) is 30.2. The van der Waals surface area contributed by atoms with Gasteiger partial charge in [0.15, 0.2) is 0 Å². The molecular formula is C40H36N2O4. The van der Waals surface area contributed by atoms with Crippen molar-refractivity contribution in [2.45, 2.75) is 0 Å². The lowest BCUT2D eigenvalue weighted by molar-refractivity contribution is 0.414. The molecule has 6 rings (SSSR count). The molecule has 0 atom stereocenters. The lowest BCUT2D eigenvalue weighted by Gasteiger charge is -2.30. The Bertz CT molecular complexity index is 1710. The third kappa shape index (κ3) is 6.47. The fourth-order valence-electron chi connectivity index (χ4n) is 5.54. The monoisotopic (exact) mass is 608 g/mol. The Balaban J connectivity index is 1.65. The molecule has 0 aliphatic heterocycles. The number of hydrogen-bond donors (Lipinski definition) is 0. The molecule has 0 saturated carbocycles. The van der Waals surface area contributed by atoms with Gasteiger partial charge >= 0.3 is 0 Å². The van der Waals surface area contributed by atoms with Crippen molar-refractivity contribution in [3.63, 3.8) is 0 Å². The van der Waals surface area contributed by atoms with E-state index in [1.807, 2.05) is 78.9 Å². The van der Waals surface area contributed by atoms with E-state index in [1.165, 1.54) is 0 Å². The first-order valence-electron chi connectivity index (χ1n) is 15.0. The van der Waals surface area contributed by atoms with Gasteiger partial charge in [0, 0.05) is 58.4 Å². The highest BCUT2D eigenvalue weighted by molar-refractivity contribution is 5.88. The quantitative estimate of drug-likeness (QED) is 0.146. The second-order valence-corrected chi connectivity index (χ2v) is 10.6. The van der Waals surface area contributed by atoms with Gasteiger partial charge in [0.2, 0.25) is 0 Å². The second kappa shape index (κ2) is 13.8. The summed E-state index contributed by atoms with van der Waals surface area (Å²) in [5.74, 6) is 3.05. The Kier molecular flexibility index (Phi) is 9.07. The molecule has 6 aromatic rings. The molecule has 0 spiro atoms. The minimum atomic E-state index is 0.763. The molecule has 0 amide bonds. The summed E-state index contributed by atoms with van der Waals surface area (Å²) in [6.07, 6.45) is 0. The van der Waals surface area contributed by atoms with Gasteiger partial charge in [-0.05, 0) is 77.9 Å². The van der Waals surface area contributed by atoms with Crippen LogP contribution in [0.5, 0.6) is 23.0 Å². The molecule has 0 aliphatic carbocycles. The highest BCUT2D eigenvalue weighted by atomic mass is 16.5. The minimum Gasteiger partial charge on any atom is -0.497 e. The zero-order chi connectivity index (χ0) is 31.9. The van der Waals surface area contributed by atoms with Gasteiger partial charge in [-0.25, -0.2) is 0 Å². The van der Waals surface area contributed by atoms with Crippen LogP contribution in [0.25, 0.3) is 11.1 Å². The topological polar surface area (TPSA) is 43.4 Å². The Morgan fingerprint density at radius 3 is 0.978 bits per heavy atom. The SMILES string of the molecule is COc1cccc(N(c2cccc(OC)c2)c2cc(-c3ccccc3)cc(N(c3cccc(OC)c3)c3cccc(OC)c3)c2)c1. The Labute approximate surface area is 270 Å². The van der Waals surface area contributed by atoms with Crippen LogP contribution >= 0.6 is 0 Å². The fraction of sp³-hybridized carbons (Fsp3) is 0.100. The van der Waals surface area contributed by atoms with E-state index >= 15 is 0 Å². The van der Waals surface area contributed by atoms with Crippen LogP contribution in [0.3, 0.4) is 0 Å². The summed E-state index contributed by atoms with van der Waals surface area (Å²) in [4.78, 5) is 4.44. The number of ether oxygens (including phenoxy) is 4.